The molecule has 10 aromatic carbocycles. The molecular formula is C93H86O25Si. The zero-order valence-corrected chi connectivity index (χ0v) is 66.0. The van der Waals surface area contributed by atoms with Gasteiger partial charge in [0.1, 0.15) is 31.0 Å². The van der Waals surface area contributed by atoms with Gasteiger partial charge in [-0.2, -0.15) is 0 Å². The molecule has 3 aliphatic rings. The van der Waals surface area contributed by atoms with Crippen molar-refractivity contribution in [3.63, 3.8) is 0 Å². The van der Waals surface area contributed by atoms with Crippen molar-refractivity contribution in [2.45, 2.75) is 124 Å². The number of ether oxygens (including phenoxy) is 16. The lowest BCUT2D eigenvalue weighted by atomic mass is 9.95. The van der Waals surface area contributed by atoms with Gasteiger partial charge in [0.25, 0.3) is 0 Å². The van der Waals surface area contributed by atoms with E-state index in [1.165, 1.54) is 109 Å². The highest BCUT2D eigenvalue weighted by atomic mass is 28.3. The molecule has 3 saturated heterocycles. The second-order valence-electron chi connectivity index (χ2n) is 29.1. The Kier molecular flexibility index (Phi) is 29.0. The lowest BCUT2D eigenvalue weighted by molar-refractivity contribution is -0.362. The predicted molar refractivity (Wildman–Crippen MR) is 429 cm³/mol. The van der Waals surface area contributed by atoms with Crippen molar-refractivity contribution in [2.75, 3.05) is 26.4 Å². The Morgan fingerprint density at radius 1 is 0.261 bits per heavy atom. The number of esters is 9. The molecule has 3 fully saturated rings. The summed E-state index contributed by atoms with van der Waals surface area (Å²) in [4.78, 5) is 134. The third-order valence-corrected chi connectivity index (χ3v) is 21.1. The molecule has 13 rings (SSSR count). The quantitative estimate of drug-likeness (QED) is 0.0215. The van der Waals surface area contributed by atoms with Crippen LogP contribution in [0.15, 0.2) is 303 Å². The van der Waals surface area contributed by atoms with Crippen molar-refractivity contribution in [3.05, 3.63) is 359 Å². The summed E-state index contributed by atoms with van der Waals surface area (Å²) in [6, 6.07) is 79.6. The van der Waals surface area contributed by atoms with Gasteiger partial charge in [0, 0.05) is 14.7 Å². The second kappa shape index (κ2) is 41.0. The summed E-state index contributed by atoms with van der Waals surface area (Å²) in [5.41, 5.74) is 0.779. The highest BCUT2D eigenvalue weighted by molar-refractivity contribution is 6.76. The molecule has 3 heterocycles. The van der Waals surface area contributed by atoms with Crippen molar-refractivity contribution in [2.24, 2.45) is 0 Å². The SMILES string of the molecule is C[Si](C)(C)CCO[C@@H]1O[C@H](CO[C@@H]2O[C@H](COCc3ccccc3)[C@H](O[C@H]3O[C@H](COC(=O)c4ccccc4)[C@@H](OC(=O)c4ccccc4)[C@H](OC(=O)c4ccccc4)[C@@H]3OC(=O)c3ccccc3)[C@H](OC(=O)c3ccccc3)[C@H]2OC(=O)c2ccccc2)[C@H](OC(=O)c2ccccc2)[C@H](OC(=O)c2ccccc2)[C@H]1OC(=O)c1ccccc1. The van der Waals surface area contributed by atoms with Crippen molar-refractivity contribution in [3.8, 4) is 0 Å². The lowest BCUT2D eigenvalue weighted by Crippen LogP contribution is -2.67. The Morgan fingerprint density at radius 2 is 0.504 bits per heavy atom. The average molecular weight is 1630 g/mol. The number of hydrogen-bond donors (Lipinski definition) is 0. The van der Waals surface area contributed by atoms with Gasteiger partial charge < -0.3 is 75.8 Å². The summed E-state index contributed by atoms with van der Waals surface area (Å²) in [6.45, 7) is 4.06. The molecule has 0 radical (unpaired) electrons. The van der Waals surface area contributed by atoms with E-state index in [4.69, 9.17) is 75.8 Å². The van der Waals surface area contributed by atoms with Gasteiger partial charge in [-0.3, -0.25) is 0 Å². The molecular weight excluding hydrogens is 1550 g/mol. The first-order valence-corrected chi connectivity index (χ1v) is 42.4. The fourth-order valence-corrected chi connectivity index (χ4v) is 14.0. The minimum atomic E-state index is -2.16. The molecule has 0 aliphatic carbocycles. The van der Waals surface area contributed by atoms with Crippen molar-refractivity contribution < 1.29 is 119 Å². The third kappa shape index (κ3) is 22.8. The lowest BCUT2D eigenvalue weighted by Gasteiger charge is -2.49. The molecule has 0 bridgehead atoms. The molecule has 0 saturated carbocycles. The number of carbonyl (C=O) groups is 9. The van der Waals surface area contributed by atoms with Crippen LogP contribution in [0, 0.1) is 0 Å². The Labute approximate surface area is 687 Å². The maximum absolute atomic E-state index is 15.5. The summed E-state index contributed by atoms with van der Waals surface area (Å²) in [7, 11) is -1.97. The molecule has 612 valence electrons. The third-order valence-electron chi connectivity index (χ3n) is 19.4. The summed E-state index contributed by atoms with van der Waals surface area (Å²) < 4.78 is 107. The van der Waals surface area contributed by atoms with Crippen molar-refractivity contribution in [1.82, 2.24) is 0 Å². The van der Waals surface area contributed by atoms with E-state index in [9.17, 15) is 24.0 Å². The summed E-state index contributed by atoms with van der Waals surface area (Å²) >= 11 is 0. The topological polar surface area (TPSA) is 301 Å². The Balaban J connectivity index is 0.968. The molecule has 3 aliphatic heterocycles. The summed E-state index contributed by atoms with van der Waals surface area (Å²) in [5.74, 6) is -8.90. The fourth-order valence-electron chi connectivity index (χ4n) is 13.3. The van der Waals surface area contributed by atoms with Crippen molar-refractivity contribution in [1.29, 1.82) is 0 Å². The molecule has 0 N–H and O–H groups in total. The minimum absolute atomic E-state index is 0.00901. The predicted octanol–water partition coefficient (Wildman–Crippen LogP) is 13.8. The zero-order valence-electron chi connectivity index (χ0n) is 65.0. The fraction of sp³-hybridized carbons (Fsp3) is 0.258. The second-order valence-corrected chi connectivity index (χ2v) is 34.7. The maximum Gasteiger partial charge on any atom is 0.338 e. The normalized spacial score (nSPS) is 22.7. The van der Waals surface area contributed by atoms with Crippen LogP contribution in [-0.4, -0.2) is 180 Å². The molecule has 15 atom stereocenters. The Bertz CT molecular complexity index is 4980. The van der Waals surface area contributed by atoms with Gasteiger partial charge in [-0.25, -0.2) is 43.2 Å². The van der Waals surface area contributed by atoms with Gasteiger partial charge in [-0.05, 0) is 121 Å². The Hall–Kier alpha value is -12.6. The van der Waals surface area contributed by atoms with E-state index in [1.807, 2.05) is 0 Å². The van der Waals surface area contributed by atoms with E-state index in [-0.39, 0.29) is 63.3 Å². The maximum atomic E-state index is 15.5. The van der Waals surface area contributed by atoms with E-state index in [0.29, 0.717) is 11.6 Å². The minimum Gasteiger partial charge on any atom is -0.459 e. The molecule has 0 spiro atoms. The van der Waals surface area contributed by atoms with Gasteiger partial charge in [0.2, 0.25) is 0 Å². The molecule has 26 heteroatoms. The van der Waals surface area contributed by atoms with Crippen molar-refractivity contribution >= 4 is 61.8 Å². The molecule has 0 unspecified atom stereocenters. The van der Waals surface area contributed by atoms with E-state index in [1.54, 1.807) is 194 Å². The van der Waals surface area contributed by atoms with Gasteiger partial charge in [0.05, 0.1) is 69.9 Å². The number of hydrogen-bond acceptors (Lipinski definition) is 25. The van der Waals surface area contributed by atoms with Crippen LogP contribution < -0.4 is 0 Å². The summed E-state index contributed by atoms with van der Waals surface area (Å²) in [5, 5.41) is 0. The van der Waals surface area contributed by atoms with E-state index < -0.39 is 174 Å². The first-order chi connectivity index (χ1) is 57.9. The number of carbonyl (C=O) groups excluding carboxylic acids is 9. The van der Waals surface area contributed by atoms with Crippen LogP contribution in [-0.2, 0) is 82.4 Å². The highest BCUT2D eigenvalue weighted by Gasteiger charge is 2.60. The number of rotatable bonds is 32. The standard InChI is InChI=1S/C93H86O25Si/c1-119(2,3)55-54-104-91-79(115-88(100)67-48-28-11-29-49-67)76(112-85(97)64-42-22-8-23-43-64)74(111-84(96)63-40-20-7-21-41-63)72(108-91)59-106-92-80(116-89(101)68-50-30-12-31-51-68)78(114-87(99)66-46-26-10-27-47-66)75(70(107-92)57-103-56-60-34-14-4-15-35-60)118-93-81(117-90(102)69-52-32-13-33-53-69)77(113-86(98)65-44-24-9-25-45-65)73(110-83(95)62-38-18-6-19-39-62)71(109-93)58-105-82(94)61-36-16-5-17-37-61/h4-53,70-81,91-93H,54-59H2,1-3H3/t70-,71-,72-,73-,74+,75+,76+,77+,78+,79-,80-,81+,91-,92-,93-/m1/s1. The van der Waals surface area contributed by atoms with Crippen LogP contribution >= 0.6 is 0 Å². The Morgan fingerprint density at radius 3 is 0.824 bits per heavy atom. The van der Waals surface area contributed by atoms with Crippen LogP contribution in [0.4, 0.5) is 0 Å². The van der Waals surface area contributed by atoms with Gasteiger partial charge in [0.15, 0.2) is 67.7 Å². The van der Waals surface area contributed by atoms with Crippen LogP contribution in [0.1, 0.15) is 98.8 Å². The van der Waals surface area contributed by atoms with Crippen LogP contribution in [0.5, 0.6) is 0 Å². The first-order valence-electron chi connectivity index (χ1n) is 38.6. The van der Waals surface area contributed by atoms with Crippen LogP contribution in [0.25, 0.3) is 0 Å². The van der Waals surface area contributed by atoms with E-state index in [2.05, 4.69) is 19.6 Å². The molecule has 25 nitrogen and oxygen atoms in total. The van der Waals surface area contributed by atoms with Crippen LogP contribution in [0.2, 0.25) is 25.7 Å². The summed E-state index contributed by atoms with van der Waals surface area (Å²) in [6.07, 6.45) is -28.3. The first kappa shape index (κ1) is 84.3. The van der Waals surface area contributed by atoms with E-state index in [0.717, 1.165) is 0 Å². The average Bonchev–Trinajstić information content (AvgIpc) is 0.767. The molecule has 0 amide bonds. The number of benzene rings is 10. The molecule has 10 aromatic rings. The molecule has 0 aromatic heterocycles. The van der Waals surface area contributed by atoms with E-state index >= 15 is 19.2 Å². The van der Waals surface area contributed by atoms with Gasteiger partial charge in [-0.1, -0.05) is 214 Å². The smallest absolute Gasteiger partial charge is 0.338 e. The van der Waals surface area contributed by atoms with Gasteiger partial charge >= 0.3 is 53.7 Å². The van der Waals surface area contributed by atoms with Gasteiger partial charge in [-0.15, -0.1) is 0 Å². The largest absolute Gasteiger partial charge is 0.459 e. The monoisotopic (exact) mass is 1630 g/mol. The zero-order chi connectivity index (χ0) is 83.0. The molecule has 119 heavy (non-hydrogen) atoms. The van der Waals surface area contributed by atoms with Crippen LogP contribution in [0.3, 0.4) is 0 Å². The highest BCUT2D eigenvalue weighted by Crippen LogP contribution is 2.39.